The number of rotatable bonds is 1. The highest BCUT2D eigenvalue weighted by Gasteiger charge is 2.34. The Morgan fingerprint density at radius 3 is 2.15 bits per heavy atom. The summed E-state index contributed by atoms with van der Waals surface area (Å²) in [6, 6.07) is 6.83. The predicted molar refractivity (Wildman–Crippen MR) is 79.7 cm³/mol. The number of nitrogens with one attached hydrogen (secondary N) is 1. The van der Waals surface area contributed by atoms with Crippen LogP contribution in [0.5, 0.6) is 0 Å². The first-order valence-corrected chi connectivity index (χ1v) is 6.62. The third-order valence-corrected chi connectivity index (χ3v) is 3.82. The van der Waals surface area contributed by atoms with Gasteiger partial charge < -0.3 is 10.2 Å². The van der Waals surface area contributed by atoms with Gasteiger partial charge in [-0.05, 0) is 0 Å². The van der Waals surface area contributed by atoms with Gasteiger partial charge in [0.15, 0.2) is 0 Å². The molecule has 106 valence electrons. The molecule has 1 aromatic rings. The summed E-state index contributed by atoms with van der Waals surface area (Å²) in [5.41, 5.74) is 1.20. The SMILES string of the molecule is Cl.O=C1C(Cl)=C(N2CCNCC2)C(=O)c2ccccc21. The van der Waals surface area contributed by atoms with Crippen LogP contribution in [0.15, 0.2) is 35.0 Å². The smallest absolute Gasteiger partial charge is 0.211 e. The Hall–Kier alpha value is -1.36. The molecule has 0 radical (unpaired) electrons. The van der Waals surface area contributed by atoms with E-state index in [9.17, 15) is 9.59 Å². The van der Waals surface area contributed by atoms with E-state index < -0.39 is 0 Å². The number of hydrogen-bond acceptors (Lipinski definition) is 4. The van der Waals surface area contributed by atoms with Crippen molar-refractivity contribution in [1.29, 1.82) is 0 Å². The van der Waals surface area contributed by atoms with Gasteiger partial charge in [0.05, 0.1) is 0 Å². The third-order valence-electron chi connectivity index (χ3n) is 3.47. The Balaban J connectivity index is 0.00000147. The van der Waals surface area contributed by atoms with Gasteiger partial charge in [0.1, 0.15) is 10.7 Å². The summed E-state index contributed by atoms with van der Waals surface area (Å²) >= 11 is 6.14. The number of ketones is 2. The topological polar surface area (TPSA) is 49.4 Å². The zero-order chi connectivity index (χ0) is 13.4. The monoisotopic (exact) mass is 312 g/mol. The van der Waals surface area contributed by atoms with Crippen molar-refractivity contribution in [2.24, 2.45) is 0 Å². The molecule has 1 aliphatic heterocycles. The molecule has 0 aromatic heterocycles. The van der Waals surface area contributed by atoms with E-state index in [1.807, 2.05) is 4.90 Å². The van der Waals surface area contributed by atoms with Crippen molar-refractivity contribution < 1.29 is 9.59 Å². The average Bonchev–Trinajstić information content (AvgIpc) is 2.46. The van der Waals surface area contributed by atoms with Crippen molar-refractivity contribution in [3.05, 3.63) is 46.1 Å². The number of hydrogen-bond donors (Lipinski definition) is 1. The number of Topliss-reactive ketones (excluding diaryl/α,β-unsaturated/α-hetero) is 2. The van der Waals surface area contributed by atoms with Crippen molar-refractivity contribution in [3.8, 4) is 0 Å². The first-order chi connectivity index (χ1) is 9.20. The lowest BCUT2D eigenvalue weighted by Crippen LogP contribution is -2.45. The largest absolute Gasteiger partial charge is 0.364 e. The summed E-state index contributed by atoms with van der Waals surface area (Å²) in [5, 5.41) is 3.26. The zero-order valence-electron chi connectivity index (χ0n) is 10.7. The van der Waals surface area contributed by atoms with Crippen molar-refractivity contribution in [1.82, 2.24) is 10.2 Å². The zero-order valence-corrected chi connectivity index (χ0v) is 12.3. The molecule has 4 nitrogen and oxygen atoms in total. The van der Waals surface area contributed by atoms with Crippen LogP contribution in [0.25, 0.3) is 0 Å². The minimum absolute atomic E-state index is 0. The lowest BCUT2D eigenvalue weighted by atomic mass is 9.91. The maximum Gasteiger partial charge on any atom is 0.211 e. The Morgan fingerprint density at radius 1 is 1.00 bits per heavy atom. The lowest BCUT2D eigenvalue weighted by Gasteiger charge is -2.33. The maximum absolute atomic E-state index is 12.5. The second-order valence-electron chi connectivity index (χ2n) is 4.60. The summed E-state index contributed by atoms with van der Waals surface area (Å²) in [5.74, 6) is -0.410. The number of carbonyl (C=O) groups excluding carboxylic acids is 2. The Kier molecular flexibility index (Phi) is 4.48. The van der Waals surface area contributed by atoms with Crippen molar-refractivity contribution in [3.63, 3.8) is 0 Å². The third kappa shape index (κ3) is 2.35. The highest BCUT2D eigenvalue weighted by atomic mass is 35.5. The molecular weight excluding hydrogens is 299 g/mol. The number of nitrogens with zero attached hydrogens (tertiary/aromatic N) is 1. The quantitative estimate of drug-likeness (QED) is 0.859. The summed E-state index contributed by atoms with van der Waals surface area (Å²) in [4.78, 5) is 26.6. The minimum atomic E-state index is -0.259. The molecule has 0 unspecified atom stereocenters. The maximum atomic E-state index is 12.5. The number of allylic oxidation sites excluding steroid dienone is 2. The predicted octanol–water partition coefficient (Wildman–Crippen LogP) is 1.84. The van der Waals surface area contributed by atoms with Crippen LogP contribution in [0.4, 0.5) is 0 Å². The molecule has 1 aliphatic carbocycles. The van der Waals surface area contributed by atoms with Gasteiger partial charge in [0, 0.05) is 37.3 Å². The normalized spacial score (nSPS) is 18.8. The summed E-state index contributed by atoms with van der Waals surface area (Å²) < 4.78 is 0. The molecule has 1 aromatic carbocycles. The summed E-state index contributed by atoms with van der Waals surface area (Å²) in [6.45, 7) is 2.95. The Labute approximate surface area is 128 Å². The van der Waals surface area contributed by atoms with Gasteiger partial charge in [-0.3, -0.25) is 9.59 Å². The van der Waals surface area contributed by atoms with Crippen LogP contribution < -0.4 is 5.32 Å². The highest BCUT2D eigenvalue weighted by Crippen LogP contribution is 2.30. The molecule has 0 atom stereocenters. The van der Waals surface area contributed by atoms with Crippen LogP contribution >= 0.6 is 24.0 Å². The molecule has 20 heavy (non-hydrogen) atoms. The van der Waals surface area contributed by atoms with E-state index in [2.05, 4.69) is 5.32 Å². The van der Waals surface area contributed by atoms with Gasteiger partial charge in [-0.2, -0.15) is 0 Å². The van der Waals surface area contributed by atoms with Gasteiger partial charge in [-0.25, -0.2) is 0 Å². The van der Waals surface area contributed by atoms with Crippen LogP contribution in [0.3, 0.4) is 0 Å². The van der Waals surface area contributed by atoms with E-state index in [0.29, 0.717) is 29.9 Å². The van der Waals surface area contributed by atoms with Gasteiger partial charge in [-0.15, -0.1) is 12.4 Å². The second-order valence-corrected chi connectivity index (χ2v) is 4.98. The lowest BCUT2D eigenvalue weighted by molar-refractivity contribution is 0.0942. The number of carbonyl (C=O) groups is 2. The van der Waals surface area contributed by atoms with E-state index in [0.717, 1.165) is 13.1 Å². The molecule has 0 saturated carbocycles. The Morgan fingerprint density at radius 2 is 1.55 bits per heavy atom. The molecule has 3 rings (SSSR count). The fourth-order valence-corrected chi connectivity index (χ4v) is 2.81. The molecule has 2 aliphatic rings. The number of piperazine rings is 1. The first kappa shape index (κ1) is 15.0. The number of benzene rings is 1. The molecular formula is C14H14Cl2N2O2. The molecule has 1 fully saturated rings. The Bertz CT molecular complexity index is 593. The molecule has 6 heteroatoms. The van der Waals surface area contributed by atoms with Crippen LogP contribution in [0.1, 0.15) is 20.7 Å². The van der Waals surface area contributed by atoms with E-state index in [4.69, 9.17) is 11.6 Å². The van der Waals surface area contributed by atoms with Crippen LogP contribution in [-0.4, -0.2) is 42.6 Å². The van der Waals surface area contributed by atoms with Gasteiger partial charge in [0.2, 0.25) is 11.6 Å². The fourth-order valence-electron chi connectivity index (χ4n) is 2.50. The summed E-state index contributed by atoms with van der Waals surface area (Å²) in [7, 11) is 0. The van der Waals surface area contributed by atoms with Crippen molar-refractivity contribution >= 4 is 35.6 Å². The molecule has 0 spiro atoms. The number of fused-ring (bicyclic) bond motifs is 1. The molecule has 1 heterocycles. The van der Waals surface area contributed by atoms with Crippen molar-refractivity contribution in [2.45, 2.75) is 0 Å². The molecule has 1 N–H and O–H groups in total. The van der Waals surface area contributed by atoms with E-state index in [1.165, 1.54) is 0 Å². The van der Waals surface area contributed by atoms with Gasteiger partial charge in [-0.1, -0.05) is 35.9 Å². The van der Waals surface area contributed by atoms with Gasteiger partial charge in [0.25, 0.3) is 0 Å². The first-order valence-electron chi connectivity index (χ1n) is 6.24. The summed E-state index contributed by atoms with van der Waals surface area (Å²) in [6.07, 6.45) is 0. The van der Waals surface area contributed by atoms with E-state index >= 15 is 0 Å². The molecule has 0 bridgehead atoms. The second kappa shape index (κ2) is 5.95. The highest BCUT2D eigenvalue weighted by molar-refractivity contribution is 6.49. The van der Waals surface area contributed by atoms with Crippen LogP contribution in [0.2, 0.25) is 0 Å². The molecule has 1 saturated heterocycles. The minimum Gasteiger partial charge on any atom is -0.364 e. The van der Waals surface area contributed by atoms with E-state index in [-0.39, 0.29) is 29.0 Å². The van der Waals surface area contributed by atoms with Crippen LogP contribution in [0, 0.1) is 0 Å². The standard InChI is InChI=1S/C14H13ClN2O2.ClH/c15-11-12(17-7-5-16-6-8-17)14(19)10-4-2-1-3-9(10)13(11)18;/h1-4,16H,5-8H2;1H. The van der Waals surface area contributed by atoms with E-state index in [1.54, 1.807) is 24.3 Å². The fraction of sp³-hybridized carbons (Fsp3) is 0.286. The van der Waals surface area contributed by atoms with Crippen LogP contribution in [-0.2, 0) is 0 Å². The number of halogens is 2. The molecule has 0 amide bonds. The van der Waals surface area contributed by atoms with Crippen molar-refractivity contribution in [2.75, 3.05) is 26.2 Å². The van der Waals surface area contributed by atoms with Gasteiger partial charge >= 0.3 is 0 Å². The average molecular weight is 313 g/mol.